The maximum Gasteiger partial charge on any atom is 0.0147 e. The van der Waals surface area contributed by atoms with E-state index < -0.39 is 0 Å². The Hall–Kier alpha value is -4.16. The van der Waals surface area contributed by atoms with Gasteiger partial charge in [-0.15, -0.1) is 0 Å². The number of hydrogen-bond donors (Lipinski definition) is 0. The van der Waals surface area contributed by atoms with Crippen molar-refractivity contribution in [3.05, 3.63) is 150 Å². The van der Waals surface area contributed by atoms with Crippen molar-refractivity contribution in [2.75, 3.05) is 0 Å². The van der Waals surface area contributed by atoms with Crippen LogP contribution in [0.15, 0.2) is 134 Å². The molecule has 7 rings (SSSR count). The lowest BCUT2D eigenvalue weighted by atomic mass is 9.54. The molecule has 0 bridgehead atoms. The van der Waals surface area contributed by atoms with Crippen molar-refractivity contribution < 1.29 is 0 Å². The van der Waals surface area contributed by atoms with E-state index in [9.17, 15) is 0 Å². The van der Waals surface area contributed by atoms with Crippen molar-refractivity contribution in [3.63, 3.8) is 0 Å². The summed E-state index contributed by atoms with van der Waals surface area (Å²) < 4.78 is 0. The molecule has 0 aromatic heterocycles. The van der Waals surface area contributed by atoms with Crippen LogP contribution in [0.2, 0.25) is 0 Å². The number of hydrogen-bond acceptors (Lipinski definition) is 0. The zero-order valence-corrected chi connectivity index (χ0v) is 25.3. The lowest BCUT2D eigenvalue weighted by molar-refractivity contribution is 0.0822. The second kappa shape index (κ2) is 10.3. The third-order valence-corrected chi connectivity index (χ3v) is 10.6. The quantitative estimate of drug-likeness (QED) is 0.199. The fourth-order valence-corrected chi connectivity index (χ4v) is 8.00. The van der Waals surface area contributed by atoms with Gasteiger partial charge in [0.25, 0.3) is 0 Å². The van der Waals surface area contributed by atoms with Crippen molar-refractivity contribution in [2.24, 2.45) is 16.7 Å². The van der Waals surface area contributed by atoms with Gasteiger partial charge < -0.3 is 0 Å². The van der Waals surface area contributed by atoms with Gasteiger partial charge in [0, 0.05) is 11.3 Å². The van der Waals surface area contributed by atoms with Crippen LogP contribution < -0.4 is 0 Å². The summed E-state index contributed by atoms with van der Waals surface area (Å²) in [6.07, 6.45) is 14.3. The molecule has 0 amide bonds. The van der Waals surface area contributed by atoms with E-state index in [1.165, 1.54) is 54.9 Å². The third kappa shape index (κ3) is 4.28. The molecule has 208 valence electrons. The van der Waals surface area contributed by atoms with Crippen LogP contribution in [0.4, 0.5) is 0 Å². The Kier molecular flexibility index (Phi) is 6.54. The van der Waals surface area contributed by atoms with E-state index in [1.807, 2.05) is 0 Å². The molecule has 5 aromatic rings. The molecule has 0 heterocycles. The van der Waals surface area contributed by atoms with E-state index in [0.29, 0.717) is 5.92 Å². The maximum atomic E-state index is 2.54. The largest absolute Gasteiger partial charge is 0.0745 e. The van der Waals surface area contributed by atoms with E-state index in [-0.39, 0.29) is 16.7 Å². The molecule has 0 fully saturated rings. The highest BCUT2D eigenvalue weighted by molar-refractivity contribution is 5.97. The van der Waals surface area contributed by atoms with E-state index in [0.717, 1.165) is 12.8 Å². The van der Waals surface area contributed by atoms with E-state index in [2.05, 4.69) is 161 Å². The fourth-order valence-electron chi connectivity index (χ4n) is 8.00. The van der Waals surface area contributed by atoms with Gasteiger partial charge in [-0.2, -0.15) is 0 Å². The Morgan fingerprint density at radius 1 is 0.667 bits per heavy atom. The molecule has 0 heteroatoms. The Morgan fingerprint density at radius 3 is 1.69 bits per heavy atom. The molecule has 0 saturated heterocycles. The Bertz CT molecular complexity index is 1790. The van der Waals surface area contributed by atoms with Crippen LogP contribution in [0, 0.1) is 16.7 Å². The van der Waals surface area contributed by atoms with Crippen molar-refractivity contribution in [3.8, 4) is 11.1 Å². The van der Waals surface area contributed by atoms with Crippen LogP contribution in [0.3, 0.4) is 0 Å². The van der Waals surface area contributed by atoms with E-state index in [1.54, 1.807) is 0 Å². The molecule has 2 atom stereocenters. The summed E-state index contributed by atoms with van der Waals surface area (Å²) in [4.78, 5) is 0. The van der Waals surface area contributed by atoms with Gasteiger partial charge >= 0.3 is 0 Å². The van der Waals surface area contributed by atoms with Gasteiger partial charge in [-0.05, 0) is 90.5 Å². The first-order valence-corrected chi connectivity index (χ1v) is 15.6. The molecular weight excluding hydrogens is 504 g/mol. The van der Waals surface area contributed by atoms with Crippen LogP contribution in [0.25, 0.3) is 38.2 Å². The molecule has 5 aromatic carbocycles. The van der Waals surface area contributed by atoms with Crippen molar-refractivity contribution in [1.29, 1.82) is 0 Å². The summed E-state index contributed by atoms with van der Waals surface area (Å²) in [5.74, 6) is 0.644. The van der Waals surface area contributed by atoms with Crippen LogP contribution in [-0.4, -0.2) is 0 Å². The summed E-state index contributed by atoms with van der Waals surface area (Å²) in [6, 6.07) is 38.5. The molecule has 0 radical (unpaired) electrons. The summed E-state index contributed by atoms with van der Waals surface area (Å²) in [5.41, 5.74) is 8.31. The number of allylic oxidation sites excluding steroid dienone is 6. The Morgan fingerprint density at radius 2 is 1.17 bits per heavy atom. The maximum absolute atomic E-state index is 2.54. The van der Waals surface area contributed by atoms with Crippen LogP contribution in [-0.2, 0) is 0 Å². The standard InChI is InChI=1S/C42H40/c1-5-41(3,6-2)40(42(4)23-14-21-30(22-24-42)29-15-8-7-9-16-29)39-37-27-33-19-12-10-17-31(33)25-35(37)36-26-32-18-11-13-20-34(32)28-38(36)39/h7-28,39-40H,5-6H2,1-4H3. The van der Waals surface area contributed by atoms with Crippen LogP contribution in [0.5, 0.6) is 0 Å². The molecule has 0 spiro atoms. The molecular formula is C42H40. The third-order valence-electron chi connectivity index (χ3n) is 10.6. The second-order valence-electron chi connectivity index (χ2n) is 12.9. The van der Waals surface area contributed by atoms with Crippen molar-refractivity contribution >= 4 is 27.1 Å². The van der Waals surface area contributed by atoms with E-state index in [4.69, 9.17) is 0 Å². The molecule has 0 N–H and O–H groups in total. The fraction of sp³-hybridized carbons (Fsp3) is 0.238. The lowest BCUT2D eigenvalue weighted by Crippen LogP contribution is -2.41. The van der Waals surface area contributed by atoms with Crippen molar-refractivity contribution in [1.82, 2.24) is 0 Å². The second-order valence-corrected chi connectivity index (χ2v) is 12.9. The predicted octanol–water partition coefficient (Wildman–Crippen LogP) is 11.8. The Labute approximate surface area is 251 Å². The van der Waals surface area contributed by atoms with Crippen LogP contribution in [0.1, 0.15) is 63.1 Å². The summed E-state index contributed by atoms with van der Waals surface area (Å²) in [7, 11) is 0. The SMILES string of the molecule is CCC(C)(CC)C(C1c2cc3ccccc3cc2-c2cc3ccccc3cc21)C1(C)C=CC=C(c2ccccc2)C=C1. The van der Waals surface area contributed by atoms with Gasteiger partial charge in [-0.3, -0.25) is 0 Å². The monoisotopic (exact) mass is 544 g/mol. The average Bonchev–Trinajstić information content (AvgIpc) is 3.17. The highest BCUT2D eigenvalue weighted by Crippen LogP contribution is 2.61. The van der Waals surface area contributed by atoms with Gasteiger partial charge in [0.15, 0.2) is 0 Å². The minimum Gasteiger partial charge on any atom is -0.0745 e. The molecule has 2 unspecified atom stereocenters. The van der Waals surface area contributed by atoms with Gasteiger partial charge in [0.2, 0.25) is 0 Å². The normalized spacial score (nSPS) is 19.0. The van der Waals surface area contributed by atoms with Gasteiger partial charge in [-0.25, -0.2) is 0 Å². The van der Waals surface area contributed by atoms with Gasteiger partial charge in [-0.1, -0.05) is 150 Å². The molecule has 0 aliphatic heterocycles. The van der Waals surface area contributed by atoms with Gasteiger partial charge in [0.05, 0.1) is 0 Å². The highest BCUT2D eigenvalue weighted by Gasteiger charge is 2.50. The topological polar surface area (TPSA) is 0 Å². The first kappa shape index (κ1) is 26.7. The van der Waals surface area contributed by atoms with Crippen LogP contribution >= 0.6 is 0 Å². The first-order valence-electron chi connectivity index (χ1n) is 15.6. The minimum absolute atomic E-state index is 0.127. The highest BCUT2D eigenvalue weighted by atomic mass is 14.5. The summed E-state index contributed by atoms with van der Waals surface area (Å²) in [5, 5.41) is 5.30. The zero-order chi connectivity index (χ0) is 28.9. The average molecular weight is 545 g/mol. The number of benzene rings is 5. The first-order chi connectivity index (χ1) is 20.4. The van der Waals surface area contributed by atoms with Crippen molar-refractivity contribution in [2.45, 2.75) is 46.5 Å². The van der Waals surface area contributed by atoms with Gasteiger partial charge in [0.1, 0.15) is 0 Å². The van der Waals surface area contributed by atoms with E-state index >= 15 is 0 Å². The predicted molar refractivity (Wildman–Crippen MR) is 182 cm³/mol. The molecule has 42 heavy (non-hydrogen) atoms. The number of rotatable bonds is 6. The summed E-state index contributed by atoms with van der Waals surface area (Å²) in [6.45, 7) is 9.82. The molecule has 2 aliphatic carbocycles. The molecule has 0 nitrogen and oxygen atoms in total. The minimum atomic E-state index is -0.144. The Balaban J connectivity index is 1.48. The zero-order valence-electron chi connectivity index (χ0n) is 25.3. The molecule has 0 saturated carbocycles. The summed E-state index contributed by atoms with van der Waals surface area (Å²) >= 11 is 0. The smallest absolute Gasteiger partial charge is 0.0147 e. The number of fused-ring (bicyclic) bond motifs is 5. The lowest BCUT2D eigenvalue weighted by Gasteiger charge is -2.49. The molecule has 2 aliphatic rings.